The fourth-order valence-electron chi connectivity index (χ4n) is 0.789. The zero-order valence-electron chi connectivity index (χ0n) is 7.47. The molecule has 1 aromatic rings. The van der Waals surface area contributed by atoms with Gasteiger partial charge in [0.05, 0.1) is 15.8 Å². The van der Waals surface area contributed by atoms with Gasteiger partial charge in [0.1, 0.15) is 6.61 Å². The van der Waals surface area contributed by atoms with E-state index in [1.165, 1.54) is 12.1 Å². The zero-order chi connectivity index (χ0) is 11.5. The smallest absolute Gasteiger partial charge is 0.287 e. The summed E-state index contributed by atoms with van der Waals surface area (Å²) in [5.41, 5.74) is 0. The maximum atomic E-state index is 12.5. The predicted molar refractivity (Wildman–Crippen MR) is 53.7 cm³/mol. The molecular formula is C8H8ClF2NO2S. The van der Waals surface area contributed by atoms with Crippen molar-refractivity contribution in [3.8, 4) is 0 Å². The topological polar surface area (TPSA) is 49.3 Å². The third-order valence-electron chi connectivity index (χ3n) is 1.54. The first-order valence-electron chi connectivity index (χ1n) is 3.97. The Bertz CT molecular complexity index is 356. The Kier molecular flexibility index (Phi) is 4.01. The molecule has 1 aromatic heterocycles. The van der Waals surface area contributed by atoms with Crippen LogP contribution < -0.4 is 5.32 Å². The number of hydrogen-bond acceptors (Lipinski definition) is 3. The standard InChI is InChI=1S/C8H8ClF2NO2S/c9-6-2-1-5(15-6)7(14)12-3-8(10,11)4-13/h1-2,13H,3-4H2,(H,12,14). The summed E-state index contributed by atoms with van der Waals surface area (Å²) < 4.78 is 25.5. The van der Waals surface area contributed by atoms with E-state index in [2.05, 4.69) is 0 Å². The molecule has 1 rings (SSSR count). The van der Waals surface area contributed by atoms with E-state index in [0.717, 1.165) is 11.3 Å². The van der Waals surface area contributed by atoms with E-state index >= 15 is 0 Å². The second-order valence-corrected chi connectivity index (χ2v) is 4.52. The lowest BCUT2D eigenvalue weighted by Gasteiger charge is -2.13. The van der Waals surface area contributed by atoms with Gasteiger partial charge in [-0.25, -0.2) is 8.78 Å². The van der Waals surface area contributed by atoms with Crippen molar-refractivity contribution < 1.29 is 18.7 Å². The van der Waals surface area contributed by atoms with E-state index in [-0.39, 0.29) is 4.88 Å². The third kappa shape index (κ3) is 3.73. The highest BCUT2D eigenvalue weighted by molar-refractivity contribution is 7.17. The molecule has 0 saturated carbocycles. The van der Waals surface area contributed by atoms with Gasteiger partial charge in [0, 0.05) is 0 Å². The number of halogens is 3. The van der Waals surface area contributed by atoms with Crippen LogP contribution in [0.15, 0.2) is 12.1 Å². The molecule has 0 aliphatic rings. The average Bonchev–Trinajstić information content (AvgIpc) is 2.61. The van der Waals surface area contributed by atoms with Crippen molar-refractivity contribution in [2.24, 2.45) is 0 Å². The van der Waals surface area contributed by atoms with Gasteiger partial charge in [-0.3, -0.25) is 4.79 Å². The van der Waals surface area contributed by atoms with Crippen molar-refractivity contribution in [1.29, 1.82) is 0 Å². The highest BCUT2D eigenvalue weighted by atomic mass is 35.5. The lowest BCUT2D eigenvalue weighted by molar-refractivity contribution is -0.0461. The minimum Gasteiger partial charge on any atom is -0.390 e. The zero-order valence-corrected chi connectivity index (χ0v) is 9.04. The molecule has 15 heavy (non-hydrogen) atoms. The minimum absolute atomic E-state index is 0.258. The first kappa shape index (κ1) is 12.4. The number of thiophene rings is 1. The Morgan fingerprint density at radius 3 is 2.73 bits per heavy atom. The average molecular weight is 256 g/mol. The van der Waals surface area contributed by atoms with Crippen LogP contribution in [0.1, 0.15) is 9.67 Å². The summed E-state index contributed by atoms with van der Waals surface area (Å²) >= 11 is 6.57. The summed E-state index contributed by atoms with van der Waals surface area (Å²) in [6, 6.07) is 2.95. The summed E-state index contributed by atoms with van der Waals surface area (Å²) in [5, 5.41) is 10.3. The summed E-state index contributed by atoms with van der Waals surface area (Å²) in [6.07, 6.45) is 0. The Morgan fingerprint density at radius 1 is 1.60 bits per heavy atom. The van der Waals surface area contributed by atoms with Crippen LogP contribution >= 0.6 is 22.9 Å². The monoisotopic (exact) mass is 255 g/mol. The van der Waals surface area contributed by atoms with Crippen LogP contribution in [0, 0.1) is 0 Å². The fourth-order valence-corrected chi connectivity index (χ4v) is 1.75. The molecule has 1 heterocycles. The molecule has 7 heteroatoms. The van der Waals surface area contributed by atoms with Crippen LogP contribution in [0.5, 0.6) is 0 Å². The lowest BCUT2D eigenvalue weighted by Crippen LogP contribution is -2.38. The molecular weight excluding hydrogens is 248 g/mol. The Hall–Kier alpha value is -0.720. The molecule has 0 aliphatic heterocycles. The highest BCUT2D eigenvalue weighted by Gasteiger charge is 2.28. The fraction of sp³-hybridized carbons (Fsp3) is 0.375. The molecule has 0 saturated heterocycles. The largest absolute Gasteiger partial charge is 0.390 e. The summed E-state index contributed by atoms with van der Waals surface area (Å²) in [5.74, 6) is -3.92. The molecule has 0 atom stereocenters. The first-order chi connectivity index (χ1) is 6.94. The molecule has 0 spiro atoms. The van der Waals surface area contributed by atoms with Gasteiger partial charge >= 0.3 is 0 Å². The van der Waals surface area contributed by atoms with E-state index < -0.39 is 25.0 Å². The molecule has 0 fully saturated rings. The van der Waals surface area contributed by atoms with Crippen LogP contribution in [0.25, 0.3) is 0 Å². The molecule has 0 unspecified atom stereocenters. The SMILES string of the molecule is O=C(NCC(F)(F)CO)c1ccc(Cl)s1. The normalized spacial score (nSPS) is 11.5. The first-order valence-corrected chi connectivity index (χ1v) is 5.16. The van der Waals surface area contributed by atoms with Crippen molar-refractivity contribution in [1.82, 2.24) is 5.32 Å². The van der Waals surface area contributed by atoms with Gasteiger partial charge in [-0.1, -0.05) is 11.6 Å². The van der Waals surface area contributed by atoms with Gasteiger partial charge in [-0.05, 0) is 12.1 Å². The number of nitrogens with one attached hydrogen (secondary N) is 1. The van der Waals surface area contributed by atoms with Crippen molar-refractivity contribution >= 4 is 28.8 Å². The Morgan fingerprint density at radius 2 is 2.27 bits per heavy atom. The van der Waals surface area contributed by atoms with Gasteiger partial charge in [-0.15, -0.1) is 11.3 Å². The number of aliphatic hydroxyl groups is 1. The van der Waals surface area contributed by atoms with Gasteiger partial charge in [0.25, 0.3) is 11.8 Å². The summed E-state index contributed by atoms with van der Waals surface area (Å²) in [4.78, 5) is 11.5. The van der Waals surface area contributed by atoms with Crippen LogP contribution in [-0.2, 0) is 0 Å². The van der Waals surface area contributed by atoms with Crippen LogP contribution in [-0.4, -0.2) is 30.1 Å². The van der Waals surface area contributed by atoms with Gasteiger partial charge < -0.3 is 10.4 Å². The number of carbonyl (C=O) groups excluding carboxylic acids is 1. The molecule has 0 radical (unpaired) electrons. The van der Waals surface area contributed by atoms with Crippen molar-refractivity contribution in [3.63, 3.8) is 0 Å². The van der Waals surface area contributed by atoms with Crippen LogP contribution in [0.3, 0.4) is 0 Å². The van der Waals surface area contributed by atoms with E-state index in [1.54, 1.807) is 0 Å². The number of carbonyl (C=O) groups is 1. The van der Waals surface area contributed by atoms with E-state index in [1.807, 2.05) is 5.32 Å². The predicted octanol–water partition coefficient (Wildman–Crippen LogP) is 1.76. The Labute approximate surface area is 93.7 Å². The maximum absolute atomic E-state index is 12.5. The van der Waals surface area contributed by atoms with Crippen LogP contribution in [0.2, 0.25) is 4.34 Å². The van der Waals surface area contributed by atoms with Crippen molar-refractivity contribution in [3.05, 3.63) is 21.3 Å². The van der Waals surface area contributed by atoms with Crippen molar-refractivity contribution in [2.75, 3.05) is 13.2 Å². The number of rotatable bonds is 4. The van der Waals surface area contributed by atoms with E-state index in [9.17, 15) is 13.6 Å². The van der Waals surface area contributed by atoms with Gasteiger partial charge in [0.15, 0.2) is 0 Å². The number of aliphatic hydroxyl groups excluding tert-OH is 1. The number of alkyl halides is 2. The van der Waals surface area contributed by atoms with Crippen LogP contribution in [0.4, 0.5) is 8.78 Å². The molecule has 2 N–H and O–H groups in total. The minimum atomic E-state index is -3.29. The van der Waals surface area contributed by atoms with Gasteiger partial charge in [-0.2, -0.15) is 0 Å². The van der Waals surface area contributed by atoms with Gasteiger partial charge in [0.2, 0.25) is 0 Å². The van der Waals surface area contributed by atoms with E-state index in [0.29, 0.717) is 4.34 Å². The van der Waals surface area contributed by atoms with Crippen molar-refractivity contribution in [2.45, 2.75) is 5.92 Å². The lowest BCUT2D eigenvalue weighted by atomic mass is 10.3. The van der Waals surface area contributed by atoms with E-state index in [4.69, 9.17) is 16.7 Å². The molecule has 0 aliphatic carbocycles. The second kappa shape index (κ2) is 4.87. The number of hydrogen-bond donors (Lipinski definition) is 2. The molecule has 1 amide bonds. The molecule has 84 valence electrons. The third-order valence-corrected chi connectivity index (χ3v) is 2.77. The molecule has 0 bridgehead atoms. The maximum Gasteiger partial charge on any atom is 0.287 e. The highest BCUT2D eigenvalue weighted by Crippen LogP contribution is 2.21. The quantitative estimate of drug-likeness (QED) is 0.861. The number of amides is 1. The molecule has 3 nitrogen and oxygen atoms in total. The summed E-state index contributed by atoms with van der Waals surface area (Å²) in [6.45, 7) is -2.18. The Balaban J connectivity index is 2.50. The second-order valence-electron chi connectivity index (χ2n) is 2.80. The summed E-state index contributed by atoms with van der Waals surface area (Å²) in [7, 11) is 0. The molecule has 0 aromatic carbocycles.